The van der Waals surface area contributed by atoms with Gasteiger partial charge in [0, 0.05) is 18.1 Å². The Balaban J connectivity index is 0.00000480. The van der Waals surface area contributed by atoms with E-state index in [-0.39, 0.29) is 30.5 Å². The number of ether oxygens (including phenoxy) is 3. The molecule has 31 heavy (non-hydrogen) atoms. The van der Waals surface area contributed by atoms with E-state index in [0.717, 1.165) is 0 Å². The molecule has 0 saturated carbocycles. The third-order valence-electron chi connectivity index (χ3n) is 4.52. The van der Waals surface area contributed by atoms with Crippen LogP contribution in [0.1, 0.15) is 54.0 Å². The second-order valence-electron chi connectivity index (χ2n) is 7.93. The topological polar surface area (TPSA) is 105 Å². The smallest absolute Gasteiger partial charge is 0.343 e. The fourth-order valence-corrected chi connectivity index (χ4v) is 2.58. The first-order valence-electron chi connectivity index (χ1n) is 9.45. The molecule has 0 spiro atoms. The van der Waals surface area contributed by atoms with Crippen LogP contribution in [0.25, 0.3) is 0 Å². The number of methoxy groups -OCH3 is 1. The Morgan fingerprint density at radius 1 is 1.00 bits per heavy atom. The summed E-state index contributed by atoms with van der Waals surface area (Å²) in [6.07, 6.45) is 0. The van der Waals surface area contributed by atoms with Gasteiger partial charge in [-0.3, -0.25) is 9.59 Å². The number of halogens is 1. The molecule has 2 rings (SSSR count). The minimum absolute atomic E-state index is 0. The summed E-state index contributed by atoms with van der Waals surface area (Å²) in [6.45, 7) is 6.75. The molecule has 0 radical (unpaired) electrons. The fourth-order valence-electron chi connectivity index (χ4n) is 2.58. The summed E-state index contributed by atoms with van der Waals surface area (Å²) in [5.74, 6) is -0.532. The summed E-state index contributed by atoms with van der Waals surface area (Å²) in [6, 6.07) is 10.3. The van der Waals surface area contributed by atoms with Gasteiger partial charge in [-0.25, -0.2) is 4.79 Å². The SMILES string of the molecule is COc1ccc(C(=O)Oc2ccc(C(=O)C(N)C(C)(C)C)cc2COC(C)=O)cc1.Cl. The molecule has 2 N–H and O–H groups in total. The Morgan fingerprint density at radius 2 is 1.58 bits per heavy atom. The number of carbonyl (C=O) groups is 3. The maximum Gasteiger partial charge on any atom is 0.343 e. The van der Waals surface area contributed by atoms with Gasteiger partial charge >= 0.3 is 11.9 Å². The number of esters is 2. The van der Waals surface area contributed by atoms with E-state index in [2.05, 4.69) is 0 Å². The van der Waals surface area contributed by atoms with Crippen molar-refractivity contribution in [3.05, 3.63) is 59.2 Å². The lowest BCUT2D eigenvalue weighted by atomic mass is 9.82. The molecule has 0 saturated heterocycles. The van der Waals surface area contributed by atoms with E-state index in [1.807, 2.05) is 20.8 Å². The van der Waals surface area contributed by atoms with E-state index in [0.29, 0.717) is 22.4 Å². The van der Waals surface area contributed by atoms with Gasteiger partial charge in [-0.15, -0.1) is 12.4 Å². The molecule has 2 aromatic carbocycles. The van der Waals surface area contributed by atoms with Crippen molar-refractivity contribution in [2.75, 3.05) is 7.11 Å². The lowest BCUT2D eigenvalue weighted by Gasteiger charge is -2.26. The molecule has 0 fully saturated rings. The molecule has 2 aromatic rings. The van der Waals surface area contributed by atoms with Crippen molar-refractivity contribution in [3.63, 3.8) is 0 Å². The number of hydrogen-bond acceptors (Lipinski definition) is 7. The average Bonchev–Trinajstić information content (AvgIpc) is 2.71. The van der Waals surface area contributed by atoms with Crippen LogP contribution in [0.4, 0.5) is 0 Å². The third kappa shape index (κ3) is 7.08. The van der Waals surface area contributed by atoms with Crippen LogP contribution in [0.3, 0.4) is 0 Å². The Hall–Kier alpha value is -2.90. The highest BCUT2D eigenvalue weighted by atomic mass is 35.5. The third-order valence-corrected chi connectivity index (χ3v) is 4.52. The summed E-state index contributed by atoms with van der Waals surface area (Å²) < 4.78 is 15.6. The number of nitrogens with two attached hydrogens (primary N) is 1. The van der Waals surface area contributed by atoms with E-state index in [1.54, 1.807) is 30.3 Å². The molecule has 8 heteroatoms. The molecule has 0 bridgehead atoms. The van der Waals surface area contributed by atoms with Gasteiger partial charge in [-0.1, -0.05) is 20.8 Å². The molecule has 0 amide bonds. The highest BCUT2D eigenvalue weighted by molar-refractivity contribution is 6.01. The van der Waals surface area contributed by atoms with Crippen LogP contribution in [-0.2, 0) is 16.1 Å². The molecular formula is C23H28ClNO6. The summed E-state index contributed by atoms with van der Waals surface area (Å²) in [5.41, 5.74) is 6.72. The molecule has 0 aliphatic rings. The molecule has 0 aromatic heterocycles. The van der Waals surface area contributed by atoms with Gasteiger partial charge in [0.15, 0.2) is 5.78 Å². The first-order valence-corrected chi connectivity index (χ1v) is 9.45. The Bertz CT molecular complexity index is 934. The van der Waals surface area contributed by atoms with Crippen LogP contribution < -0.4 is 15.2 Å². The van der Waals surface area contributed by atoms with Crippen molar-refractivity contribution in [3.8, 4) is 11.5 Å². The van der Waals surface area contributed by atoms with Crippen molar-refractivity contribution in [1.82, 2.24) is 0 Å². The lowest BCUT2D eigenvalue weighted by molar-refractivity contribution is -0.142. The van der Waals surface area contributed by atoms with Gasteiger partial charge in [0.1, 0.15) is 18.1 Å². The number of ketones is 1. The van der Waals surface area contributed by atoms with E-state index >= 15 is 0 Å². The second-order valence-corrected chi connectivity index (χ2v) is 7.93. The standard InChI is InChI=1S/C23H27NO6.ClH/c1-14(25)29-13-17-12-16(20(26)21(24)23(2,3)4)8-11-19(17)30-22(27)15-6-9-18(28-5)10-7-15;/h6-12,21H,13,24H2,1-5H3;1H. The Kier molecular flexibility index (Phi) is 9.21. The van der Waals surface area contributed by atoms with Crippen LogP contribution in [0.2, 0.25) is 0 Å². The summed E-state index contributed by atoms with van der Waals surface area (Å²) in [4.78, 5) is 36.5. The van der Waals surface area contributed by atoms with Crippen LogP contribution in [0, 0.1) is 5.41 Å². The van der Waals surface area contributed by atoms with E-state index in [9.17, 15) is 14.4 Å². The highest BCUT2D eigenvalue weighted by Gasteiger charge is 2.29. The summed E-state index contributed by atoms with van der Waals surface area (Å²) >= 11 is 0. The first-order chi connectivity index (χ1) is 14.0. The van der Waals surface area contributed by atoms with E-state index in [4.69, 9.17) is 19.9 Å². The van der Waals surface area contributed by atoms with E-state index < -0.39 is 23.4 Å². The molecule has 0 heterocycles. The Labute approximate surface area is 188 Å². The maximum atomic E-state index is 12.7. The number of hydrogen-bond donors (Lipinski definition) is 1. The van der Waals surface area contributed by atoms with Crippen LogP contribution in [0.5, 0.6) is 11.5 Å². The minimum Gasteiger partial charge on any atom is -0.497 e. The zero-order valence-electron chi connectivity index (χ0n) is 18.3. The van der Waals surface area contributed by atoms with Crippen molar-refractivity contribution in [2.45, 2.75) is 40.3 Å². The predicted octanol–water partition coefficient (Wildman–Crippen LogP) is 3.96. The second kappa shape index (κ2) is 10.9. The monoisotopic (exact) mass is 449 g/mol. The molecular weight excluding hydrogens is 422 g/mol. The number of Topliss-reactive ketones (excluding diaryl/α,β-unsaturated/α-hetero) is 1. The number of rotatable bonds is 7. The van der Waals surface area contributed by atoms with Crippen molar-refractivity contribution in [2.24, 2.45) is 11.1 Å². The van der Waals surface area contributed by atoms with Crippen molar-refractivity contribution in [1.29, 1.82) is 0 Å². The van der Waals surface area contributed by atoms with Gasteiger partial charge in [0.25, 0.3) is 0 Å². The van der Waals surface area contributed by atoms with Gasteiger partial charge < -0.3 is 19.9 Å². The van der Waals surface area contributed by atoms with Crippen LogP contribution >= 0.6 is 12.4 Å². The van der Waals surface area contributed by atoms with Gasteiger partial charge in [-0.05, 0) is 47.9 Å². The van der Waals surface area contributed by atoms with Crippen LogP contribution in [0.15, 0.2) is 42.5 Å². The van der Waals surface area contributed by atoms with E-state index in [1.165, 1.54) is 26.2 Å². The Morgan fingerprint density at radius 3 is 2.10 bits per heavy atom. The normalized spacial score (nSPS) is 11.7. The molecule has 0 aliphatic heterocycles. The largest absolute Gasteiger partial charge is 0.497 e. The molecule has 168 valence electrons. The van der Waals surface area contributed by atoms with Gasteiger partial charge in [0.2, 0.25) is 0 Å². The van der Waals surface area contributed by atoms with Gasteiger partial charge in [0.05, 0.1) is 18.7 Å². The molecule has 0 aliphatic carbocycles. The quantitative estimate of drug-likeness (QED) is 0.387. The fraction of sp³-hybridized carbons (Fsp3) is 0.348. The average molecular weight is 450 g/mol. The zero-order valence-corrected chi connectivity index (χ0v) is 19.1. The van der Waals surface area contributed by atoms with Crippen molar-refractivity contribution >= 4 is 30.1 Å². The molecule has 1 unspecified atom stereocenters. The highest BCUT2D eigenvalue weighted by Crippen LogP contribution is 2.26. The number of carbonyl (C=O) groups excluding carboxylic acids is 3. The molecule has 1 atom stereocenters. The van der Waals surface area contributed by atoms with Crippen molar-refractivity contribution < 1.29 is 28.6 Å². The lowest BCUT2D eigenvalue weighted by Crippen LogP contribution is -2.42. The van der Waals surface area contributed by atoms with Gasteiger partial charge in [-0.2, -0.15) is 0 Å². The first kappa shape index (κ1) is 26.1. The minimum atomic E-state index is -0.716. The summed E-state index contributed by atoms with van der Waals surface area (Å²) in [5, 5.41) is 0. The predicted molar refractivity (Wildman–Crippen MR) is 119 cm³/mol. The zero-order chi connectivity index (χ0) is 22.5. The van der Waals surface area contributed by atoms with Crippen LogP contribution in [-0.4, -0.2) is 30.9 Å². The summed E-state index contributed by atoms with van der Waals surface area (Å²) in [7, 11) is 1.53. The number of benzene rings is 2. The maximum absolute atomic E-state index is 12.7. The molecule has 7 nitrogen and oxygen atoms in total.